The molecule has 166 valence electrons. The number of carbonyl (C=O) groups is 2. The number of hydrogen-bond acceptors (Lipinski definition) is 4. The molecule has 0 spiro atoms. The van der Waals surface area contributed by atoms with Crippen molar-refractivity contribution in [2.45, 2.75) is 19.8 Å². The van der Waals surface area contributed by atoms with E-state index in [1.165, 1.54) is 24.3 Å². The summed E-state index contributed by atoms with van der Waals surface area (Å²) in [4.78, 5) is 26.1. The van der Waals surface area contributed by atoms with Crippen LogP contribution in [0.1, 0.15) is 19.8 Å². The highest BCUT2D eigenvalue weighted by atomic mass is 19.1. The molecule has 3 rings (SSSR count). The molecule has 0 unspecified atom stereocenters. The number of benzene rings is 2. The Hall–Kier alpha value is -3.29. The summed E-state index contributed by atoms with van der Waals surface area (Å²) in [6.45, 7) is 4.24. The van der Waals surface area contributed by atoms with Crippen LogP contribution in [-0.2, 0) is 4.79 Å². The zero-order chi connectivity index (χ0) is 22.1. The number of urea groups is 1. The molecule has 1 saturated heterocycles. The molecule has 1 aliphatic rings. The van der Waals surface area contributed by atoms with Gasteiger partial charge in [0.15, 0.2) is 6.61 Å². The van der Waals surface area contributed by atoms with Crippen molar-refractivity contribution in [3.63, 3.8) is 0 Å². The minimum Gasteiger partial charge on any atom is -0.494 e. The average molecular weight is 429 g/mol. The second kappa shape index (κ2) is 11.2. The number of carbonyl (C=O) groups excluding carboxylic acids is 2. The lowest BCUT2D eigenvalue weighted by Gasteiger charge is -2.32. The van der Waals surface area contributed by atoms with Gasteiger partial charge in [0.2, 0.25) is 0 Å². The van der Waals surface area contributed by atoms with Gasteiger partial charge in [-0.1, -0.05) is 0 Å². The van der Waals surface area contributed by atoms with Crippen LogP contribution in [0.25, 0.3) is 0 Å². The quantitative estimate of drug-likeness (QED) is 0.671. The molecule has 1 aliphatic heterocycles. The molecule has 0 saturated carbocycles. The molecule has 0 aromatic heterocycles. The van der Waals surface area contributed by atoms with Crippen molar-refractivity contribution in [2.75, 3.05) is 38.2 Å². The normalized spacial score (nSPS) is 14.1. The maximum atomic E-state index is 13.0. The third-order valence-electron chi connectivity index (χ3n) is 5.09. The number of nitrogens with one attached hydrogen (secondary N) is 2. The second-order valence-electron chi connectivity index (χ2n) is 7.36. The Bertz CT molecular complexity index is 850. The highest BCUT2D eigenvalue weighted by Crippen LogP contribution is 2.19. The molecule has 31 heavy (non-hydrogen) atoms. The molecule has 1 fully saturated rings. The zero-order valence-electron chi connectivity index (χ0n) is 17.6. The fraction of sp³-hybridized carbons (Fsp3) is 0.391. The van der Waals surface area contributed by atoms with E-state index >= 15 is 0 Å². The van der Waals surface area contributed by atoms with Crippen LogP contribution in [0.2, 0.25) is 0 Å². The van der Waals surface area contributed by atoms with Crippen LogP contribution in [0.15, 0.2) is 48.5 Å². The van der Waals surface area contributed by atoms with Crippen LogP contribution in [-0.4, -0.2) is 49.7 Å². The Labute approximate surface area is 181 Å². The van der Waals surface area contributed by atoms with Crippen LogP contribution in [0.4, 0.5) is 14.9 Å². The van der Waals surface area contributed by atoms with Crippen molar-refractivity contribution in [3.8, 4) is 11.5 Å². The Kier molecular flexibility index (Phi) is 8.09. The molecule has 2 N–H and O–H groups in total. The molecule has 7 nitrogen and oxygen atoms in total. The van der Waals surface area contributed by atoms with E-state index in [-0.39, 0.29) is 24.4 Å². The average Bonchev–Trinajstić information content (AvgIpc) is 2.79. The van der Waals surface area contributed by atoms with Crippen LogP contribution >= 0.6 is 0 Å². The van der Waals surface area contributed by atoms with E-state index in [4.69, 9.17) is 9.47 Å². The first-order chi connectivity index (χ1) is 15.0. The van der Waals surface area contributed by atoms with Crippen LogP contribution in [0.3, 0.4) is 0 Å². The predicted molar refractivity (Wildman–Crippen MR) is 116 cm³/mol. The maximum absolute atomic E-state index is 13.0. The van der Waals surface area contributed by atoms with Crippen molar-refractivity contribution < 1.29 is 23.5 Å². The Morgan fingerprint density at radius 3 is 2.23 bits per heavy atom. The fourth-order valence-corrected chi connectivity index (χ4v) is 3.33. The van der Waals surface area contributed by atoms with Gasteiger partial charge in [-0.15, -0.1) is 0 Å². The number of anilines is 1. The summed E-state index contributed by atoms with van der Waals surface area (Å²) in [7, 11) is 0. The lowest BCUT2D eigenvalue weighted by Crippen LogP contribution is -2.43. The second-order valence-corrected chi connectivity index (χ2v) is 7.36. The molecule has 2 aromatic carbocycles. The van der Waals surface area contributed by atoms with E-state index < -0.39 is 0 Å². The Morgan fingerprint density at radius 1 is 1.00 bits per heavy atom. The molecule has 0 atom stereocenters. The van der Waals surface area contributed by atoms with E-state index in [2.05, 4.69) is 10.6 Å². The first-order valence-corrected chi connectivity index (χ1v) is 10.5. The lowest BCUT2D eigenvalue weighted by atomic mass is 9.97. The number of hydrogen-bond donors (Lipinski definition) is 2. The van der Waals surface area contributed by atoms with Gasteiger partial charge in [-0.2, -0.15) is 0 Å². The zero-order valence-corrected chi connectivity index (χ0v) is 17.6. The van der Waals surface area contributed by atoms with Crippen LogP contribution in [0.5, 0.6) is 11.5 Å². The predicted octanol–water partition coefficient (Wildman–Crippen LogP) is 3.66. The van der Waals surface area contributed by atoms with Gasteiger partial charge >= 0.3 is 6.03 Å². The van der Waals surface area contributed by atoms with Crippen molar-refractivity contribution in [1.82, 2.24) is 10.2 Å². The Balaban J connectivity index is 1.32. The summed E-state index contributed by atoms with van der Waals surface area (Å²) < 4.78 is 23.8. The standard InChI is InChI=1S/C23H28FN3O4/c1-2-30-20-7-9-21(10-8-20)31-16-22(28)25-15-17-11-13-27(14-12-17)23(29)26-19-5-3-18(24)4-6-19/h3-10,17H,2,11-16H2,1H3,(H,25,28)(H,26,29). The monoisotopic (exact) mass is 429 g/mol. The Morgan fingerprint density at radius 2 is 1.61 bits per heavy atom. The van der Waals surface area contributed by atoms with Gasteiger partial charge in [0.1, 0.15) is 17.3 Å². The summed E-state index contributed by atoms with van der Waals surface area (Å²) in [5.41, 5.74) is 0.563. The van der Waals surface area contributed by atoms with Gasteiger partial charge < -0.3 is 25.0 Å². The van der Waals surface area contributed by atoms with Crippen molar-refractivity contribution in [2.24, 2.45) is 5.92 Å². The van der Waals surface area contributed by atoms with E-state index in [0.29, 0.717) is 43.6 Å². The van der Waals surface area contributed by atoms with Crippen molar-refractivity contribution in [1.29, 1.82) is 0 Å². The van der Waals surface area contributed by atoms with E-state index in [9.17, 15) is 14.0 Å². The molecule has 0 bridgehead atoms. The molecule has 0 aliphatic carbocycles. The summed E-state index contributed by atoms with van der Waals surface area (Å²) in [5.74, 6) is 1.16. The minimum atomic E-state index is -0.342. The molecule has 2 aromatic rings. The van der Waals surface area contributed by atoms with E-state index in [1.54, 1.807) is 29.2 Å². The van der Waals surface area contributed by atoms with E-state index in [1.807, 2.05) is 6.92 Å². The third kappa shape index (κ3) is 7.16. The largest absolute Gasteiger partial charge is 0.494 e. The molecular formula is C23H28FN3O4. The van der Waals surface area contributed by atoms with Gasteiger partial charge in [0, 0.05) is 25.3 Å². The maximum Gasteiger partial charge on any atom is 0.321 e. The van der Waals surface area contributed by atoms with E-state index in [0.717, 1.165) is 18.6 Å². The summed E-state index contributed by atoms with van der Waals surface area (Å²) in [6.07, 6.45) is 1.60. The molecule has 3 amide bonds. The van der Waals surface area contributed by atoms with Crippen LogP contribution < -0.4 is 20.1 Å². The molecular weight excluding hydrogens is 401 g/mol. The number of halogens is 1. The number of amides is 3. The first kappa shape index (κ1) is 22.4. The van der Waals surface area contributed by atoms with Crippen LogP contribution in [0, 0.1) is 11.7 Å². The summed E-state index contributed by atoms with van der Waals surface area (Å²) >= 11 is 0. The summed E-state index contributed by atoms with van der Waals surface area (Å²) in [6, 6.07) is 12.6. The number of nitrogens with zero attached hydrogens (tertiary/aromatic N) is 1. The minimum absolute atomic E-state index is 0.0487. The van der Waals surface area contributed by atoms with Gasteiger partial charge in [-0.3, -0.25) is 4.79 Å². The fourth-order valence-electron chi connectivity index (χ4n) is 3.33. The highest BCUT2D eigenvalue weighted by Gasteiger charge is 2.23. The number of likely N-dealkylation sites (tertiary alicyclic amines) is 1. The SMILES string of the molecule is CCOc1ccc(OCC(=O)NCC2CCN(C(=O)Nc3ccc(F)cc3)CC2)cc1. The summed E-state index contributed by atoms with van der Waals surface area (Å²) in [5, 5.41) is 5.67. The topological polar surface area (TPSA) is 79.9 Å². The highest BCUT2D eigenvalue weighted by molar-refractivity contribution is 5.89. The molecule has 8 heteroatoms. The van der Waals surface area contributed by atoms with Crippen molar-refractivity contribution in [3.05, 3.63) is 54.3 Å². The van der Waals surface area contributed by atoms with Gasteiger partial charge in [0.05, 0.1) is 6.61 Å². The smallest absolute Gasteiger partial charge is 0.321 e. The van der Waals surface area contributed by atoms with Gasteiger partial charge in [0.25, 0.3) is 5.91 Å². The van der Waals surface area contributed by atoms with Gasteiger partial charge in [-0.05, 0) is 74.2 Å². The number of rotatable bonds is 8. The third-order valence-corrected chi connectivity index (χ3v) is 5.09. The number of ether oxygens (including phenoxy) is 2. The van der Waals surface area contributed by atoms with Crippen molar-refractivity contribution >= 4 is 17.6 Å². The van der Waals surface area contributed by atoms with Gasteiger partial charge in [-0.25, -0.2) is 9.18 Å². The lowest BCUT2D eigenvalue weighted by molar-refractivity contribution is -0.123. The molecule has 1 heterocycles. The first-order valence-electron chi connectivity index (χ1n) is 10.5. The molecule has 0 radical (unpaired) electrons. The number of piperidine rings is 1.